The number of carbonyl (C=O) groups is 3. The van der Waals surface area contributed by atoms with Crippen molar-refractivity contribution in [3.63, 3.8) is 0 Å². The molecule has 0 bridgehead atoms. The van der Waals surface area contributed by atoms with Gasteiger partial charge in [-0.2, -0.15) is 0 Å². The molecule has 0 spiro atoms. The molecule has 0 saturated heterocycles. The van der Waals surface area contributed by atoms with Gasteiger partial charge in [-0.3, -0.25) is 25.2 Å². The van der Waals surface area contributed by atoms with Gasteiger partial charge in [0.1, 0.15) is 0 Å². The van der Waals surface area contributed by atoms with Crippen molar-refractivity contribution in [2.75, 3.05) is 6.61 Å². The fourth-order valence-corrected chi connectivity index (χ4v) is 2.55. The number of hydrogen-bond donors (Lipinski definition) is 3. The number of benzene rings is 2. The summed E-state index contributed by atoms with van der Waals surface area (Å²) in [4.78, 5) is 35.3. The summed E-state index contributed by atoms with van der Waals surface area (Å²) in [5.74, 6) is -1.19. The number of amides is 2. The van der Waals surface area contributed by atoms with Gasteiger partial charge in [-0.25, -0.2) is 0 Å². The molecule has 0 aliphatic carbocycles. The van der Waals surface area contributed by atoms with Gasteiger partial charge in [0.25, 0.3) is 0 Å². The zero-order valence-electron chi connectivity index (χ0n) is 15.9. The van der Waals surface area contributed by atoms with Crippen LogP contribution in [0.3, 0.4) is 0 Å². The van der Waals surface area contributed by atoms with E-state index in [2.05, 4.69) is 16.2 Å². The van der Waals surface area contributed by atoms with Crippen LogP contribution in [0, 0.1) is 0 Å². The van der Waals surface area contributed by atoms with Crippen molar-refractivity contribution in [1.29, 1.82) is 0 Å². The van der Waals surface area contributed by atoms with E-state index in [0.29, 0.717) is 6.42 Å². The Morgan fingerprint density at radius 2 is 1.41 bits per heavy atom. The minimum atomic E-state index is -0.453. The molecule has 2 amide bonds. The first-order valence-electron chi connectivity index (χ1n) is 9.15. The highest BCUT2D eigenvalue weighted by Gasteiger charge is 2.10. The second-order valence-electron chi connectivity index (χ2n) is 6.17. The highest BCUT2D eigenvalue weighted by Crippen LogP contribution is 2.01. The average molecular weight is 413 g/mol. The average Bonchev–Trinajstić information content (AvgIpc) is 2.72. The first kappa shape index (κ1) is 22.0. The highest BCUT2D eigenvalue weighted by atomic mass is 32.1. The van der Waals surface area contributed by atoms with Crippen molar-refractivity contribution in [3.05, 3.63) is 71.8 Å². The number of hydrazine groups is 1. The molecule has 0 aromatic heterocycles. The molecule has 0 heterocycles. The smallest absolute Gasteiger partial charge is 0.306 e. The Balaban J connectivity index is 1.56. The summed E-state index contributed by atoms with van der Waals surface area (Å²) in [5, 5.41) is 2.35. The third-order valence-electron chi connectivity index (χ3n) is 3.83. The molecule has 2 rings (SSSR count). The lowest BCUT2D eigenvalue weighted by molar-refractivity contribution is -0.144. The Bertz CT molecular complexity index is 828. The van der Waals surface area contributed by atoms with Crippen LogP contribution in [0.2, 0.25) is 0 Å². The lowest BCUT2D eigenvalue weighted by Crippen LogP contribution is -2.48. The zero-order valence-corrected chi connectivity index (χ0v) is 16.7. The number of thiocarbonyl (C=S) groups is 1. The first-order chi connectivity index (χ1) is 14.0. The van der Waals surface area contributed by atoms with Gasteiger partial charge in [0.15, 0.2) is 5.11 Å². The molecule has 0 aliphatic rings. The third kappa shape index (κ3) is 9.48. The standard InChI is InChI=1S/C21H23N3O4S/c25-18(11-12-20(27)28-14-13-16-7-3-1-4-8-16)22-21(29)24-23-19(26)15-17-9-5-2-6-10-17/h1-10H,11-15H2,(H,23,26)(H2,22,24,25,29). The zero-order chi connectivity index (χ0) is 20.9. The molecular formula is C21H23N3O4S. The van der Waals surface area contributed by atoms with E-state index < -0.39 is 11.9 Å². The Morgan fingerprint density at radius 3 is 2.07 bits per heavy atom. The van der Waals surface area contributed by atoms with Crippen molar-refractivity contribution in [2.24, 2.45) is 0 Å². The Hall–Kier alpha value is -3.26. The monoisotopic (exact) mass is 413 g/mol. The van der Waals surface area contributed by atoms with Crippen LogP contribution in [-0.4, -0.2) is 29.5 Å². The van der Waals surface area contributed by atoms with Gasteiger partial charge in [0, 0.05) is 12.8 Å². The fourth-order valence-electron chi connectivity index (χ4n) is 2.39. The molecule has 0 saturated carbocycles. The summed E-state index contributed by atoms with van der Waals surface area (Å²) in [5.41, 5.74) is 6.79. The van der Waals surface area contributed by atoms with Crippen molar-refractivity contribution >= 4 is 35.1 Å². The normalized spacial score (nSPS) is 9.93. The minimum Gasteiger partial charge on any atom is -0.465 e. The quantitative estimate of drug-likeness (QED) is 0.347. The van der Waals surface area contributed by atoms with Crippen LogP contribution in [0.15, 0.2) is 60.7 Å². The molecule has 7 nitrogen and oxygen atoms in total. The number of rotatable bonds is 8. The molecular weight excluding hydrogens is 390 g/mol. The largest absolute Gasteiger partial charge is 0.465 e. The molecule has 152 valence electrons. The third-order valence-corrected chi connectivity index (χ3v) is 4.03. The van der Waals surface area contributed by atoms with Crippen LogP contribution in [-0.2, 0) is 32.0 Å². The van der Waals surface area contributed by atoms with E-state index in [4.69, 9.17) is 17.0 Å². The maximum atomic E-state index is 11.8. The van der Waals surface area contributed by atoms with E-state index >= 15 is 0 Å². The summed E-state index contributed by atoms with van der Waals surface area (Å²) in [6.45, 7) is 0.262. The topological polar surface area (TPSA) is 96.5 Å². The molecule has 8 heteroatoms. The molecule has 3 N–H and O–H groups in total. The molecule has 0 radical (unpaired) electrons. The highest BCUT2D eigenvalue weighted by molar-refractivity contribution is 7.80. The molecule has 0 aliphatic heterocycles. The maximum Gasteiger partial charge on any atom is 0.306 e. The predicted octanol–water partition coefficient (Wildman–Crippen LogP) is 1.82. The van der Waals surface area contributed by atoms with E-state index in [9.17, 15) is 14.4 Å². The number of hydrogen-bond acceptors (Lipinski definition) is 5. The van der Waals surface area contributed by atoms with Crippen LogP contribution in [0.5, 0.6) is 0 Å². The summed E-state index contributed by atoms with van der Waals surface area (Å²) in [7, 11) is 0. The molecule has 2 aromatic carbocycles. The predicted molar refractivity (Wildman–Crippen MR) is 113 cm³/mol. The Kier molecular flexibility index (Phi) is 9.31. The molecule has 0 unspecified atom stereocenters. The minimum absolute atomic E-state index is 0.0474. The summed E-state index contributed by atoms with van der Waals surface area (Å²) >= 11 is 4.94. The van der Waals surface area contributed by atoms with Gasteiger partial charge in [-0.1, -0.05) is 60.7 Å². The molecule has 2 aromatic rings. The number of carbonyl (C=O) groups excluding carboxylic acids is 3. The van der Waals surface area contributed by atoms with Gasteiger partial charge < -0.3 is 10.1 Å². The number of nitrogens with one attached hydrogen (secondary N) is 3. The van der Waals surface area contributed by atoms with Crippen molar-refractivity contribution in [2.45, 2.75) is 25.7 Å². The van der Waals surface area contributed by atoms with Crippen LogP contribution < -0.4 is 16.2 Å². The molecule has 0 atom stereocenters. The van der Waals surface area contributed by atoms with Gasteiger partial charge >= 0.3 is 5.97 Å². The van der Waals surface area contributed by atoms with E-state index in [-0.39, 0.29) is 36.9 Å². The Labute approximate surface area is 174 Å². The molecule has 0 fully saturated rings. The second kappa shape index (κ2) is 12.2. The van der Waals surface area contributed by atoms with E-state index in [1.807, 2.05) is 60.7 Å². The first-order valence-corrected chi connectivity index (χ1v) is 9.56. The second-order valence-corrected chi connectivity index (χ2v) is 6.58. The van der Waals surface area contributed by atoms with Crippen LogP contribution in [0.4, 0.5) is 0 Å². The summed E-state index contributed by atoms with van der Waals surface area (Å²) in [6, 6.07) is 18.9. The van der Waals surface area contributed by atoms with Crippen molar-refractivity contribution in [3.8, 4) is 0 Å². The van der Waals surface area contributed by atoms with Crippen LogP contribution >= 0.6 is 12.2 Å². The fraction of sp³-hybridized carbons (Fsp3) is 0.238. The van der Waals surface area contributed by atoms with Crippen LogP contribution in [0.25, 0.3) is 0 Å². The van der Waals surface area contributed by atoms with Crippen LogP contribution in [0.1, 0.15) is 24.0 Å². The van der Waals surface area contributed by atoms with Crippen molar-refractivity contribution in [1.82, 2.24) is 16.2 Å². The van der Waals surface area contributed by atoms with Crippen molar-refractivity contribution < 1.29 is 19.1 Å². The summed E-state index contributed by atoms with van der Waals surface area (Å²) < 4.78 is 5.11. The van der Waals surface area contributed by atoms with E-state index in [1.165, 1.54) is 0 Å². The van der Waals surface area contributed by atoms with Gasteiger partial charge in [-0.15, -0.1) is 0 Å². The lowest BCUT2D eigenvalue weighted by Gasteiger charge is -2.11. The number of ether oxygens (including phenoxy) is 1. The van der Waals surface area contributed by atoms with Gasteiger partial charge in [-0.05, 0) is 23.3 Å². The maximum absolute atomic E-state index is 11.8. The van der Waals surface area contributed by atoms with Gasteiger partial charge in [0.2, 0.25) is 11.8 Å². The molecule has 29 heavy (non-hydrogen) atoms. The SMILES string of the molecule is O=C(Cc1ccccc1)NNC(=S)NC(=O)CCC(=O)OCCc1ccccc1. The van der Waals surface area contributed by atoms with Gasteiger partial charge in [0.05, 0.1) is 19.4 Å². The van der Waals surface area contributed by atoms with E-state index in [1.54, 1.807) is 0 Å². The summed E-state index contributed by atoms with van der Waals surface area (Å²) in [6.07, 6.45) is 0.683. The number of esters is 1. The Morgan fingerprint density at radius 1 is 0.793 bits per heavy atom. The van der Waals surface area contributed by atoms with E-state index in [0.717, 1.165) is 11.1 Å². The lowest BCUT2D eigenvalue weighted by atomic mass is 10.1.